The molecule has 3 rings (SSSR count). The van der Waals surface area contributed by atoms with E-state index < -0.39 is 0 Å². The normalized spacial score (nSPS) is 18.2. The molecule has 2 N–H and O–H groups in total. The van der Waals surface area contributed by atoms with E-state index in [1.165, 1.54) is 5.69 Å². The van der Waals surface area contributed by atoms with Crippen molar-refractivity contribution in [1.82, 2.24) is 15.5 Å². The monoisotopic (exact) mass is 444 g/mol. The number of carbonyl (C=O) groups is 2. The molecule has 2 saturated heterocycles. The number of rotatable bonds is 6. The van der Waals surface area contributed by atoms with Crippen LogP contribution in [-0.4, -0.2) is 62.5 Å². The summed E-state index contributed by atoms with van der Waals surface area (Å²) in [7, 11) is 0. The second kappa shape index (κ2) is 12.9. The maximum atomic E-state index is 12.4. The number of amides is 2. The Bertz CT molecular complexity index is 618. The summed E-state index contributed by atoms with van der Waals surface area (Å²) in [5.74, 6) is 0.998. The number of hydrogen-bond acceptors (Lipinski definition) is 4. The zero-order valence-electron chi connectivity index (χ0n) is 17.1. The van der Waals surface area contributed by atoms with Gasteiger partial charge in [-0.15, -0.1) is 24.8 Å². The molecule has 1 aromatic rings. The number of benzene rings is 1. The highest BCUT2D eigenvalue weighted by Crippen LogP contribution is 2.24. The van der Waals surface area contributed by atoms with Crippen LogP contribution in [0, 0.1) is 11.8 Å². The molecule has 29 heavy (non-hydrogen) atoms. The Morgan fingerprint density at radius 2 is 1.69 bits per heavy atom. The molecule has 2 amide bonds. The summed E-state index contributed by atoms with van der Waals surface area (Å²) in [6.45, 7) is 7.43. The standard InChI is InChI=1S/C21H32N4O2.2ClH/c1-17(18-7-9-22-10-8-18)15-20(26)23-16-21(27)25-13-11-24(12-14-25)19-5-3-2-4-6-19;;/h2-6,17-18,22H,7-16H2,1H3,(H,23,26);2*1H. The molecular weight excluding hydrogens is 411 g/mol. The van der Waals surface area contributed by atoms with Crippen LogP contribution in [0.4, 0.5) is 5.69 Å². The van der Waals surface area contributed by atoms with E-state index in [0.29, 0.717) is 31.3 Å². The van der Waals surface area contributed by atoms with Crippen LogP contribution in [0.15, 0.2) is 30.3 Å². The average Bonchev–Trinajstić information content (AvgIpc) is 2.73. The van der Waals surface area contributed by atoms with Gasteiger partial charge in [0, 0.05) is 38.3 Å². The number of para-hydroxylation sites is 1. The van der Waals surface area contributed by atoms with Gasteiger partial charge in [0.2, 0.25) is 11.8 Å². The van der Waals surface area contributed by atoms with Crippen molar-refractivity contribution in [2.24, 2.45) is 11.8 Å². The first-order valence-electron chi connectivity index (χ1n) is 10.2. The molecule has 2 aliphatic rings. The Hall–Kier alpha value is -1.50. The second-order valence-electron chi connectivity index (χ2n) is 7.75. The van der Waals surface area contributed by atoms with Gasteiger partial charge in [-0.2, -0.15) is 0 Å². The van der Waals surface area contributed by atoms with E-state index in [1.54, 1.807) is 0 Å². The van der Waals surface area contributed by atoms with E-state index in [4.69, 9.17) is 0 Å². The maximum Gasteiger partial charge on any atom is 0.242 e. The largest absolute Gasteiger partial charge is 0.368 e. The fourth-order valence-corrected chi connectivity index (χ4v) is 4.08. The molecular formula is C21H34Cl2N4O2. The number of piperidine rings is 1. The van der Waals surface area contributed by atoms with E-state index in [9.17, 15) is 9.59 Å². The molecule has 0 spiro atoms. The summed E-state index contributed by atoms with van der Waals surface area (Å²) in [5.41, 5.74) is 1.20. The number of hydrogen-bond donors (Lipinski definition) is 2. The minimum absolute atomic E-state index is 0. The lowest BCUT2D eigenvalue weighted by Gasteiger charge is -2.36. The highest BCUT2D eigenvalue weighted by molar-refractivity contribution is 5.86. The summed E-state index contributed by atoms with van der Waals surface area (Å²) in [4.78, 5) is 28.8. The second-order valence-corrected chi connectivity index (χ2v) is 7.75. The minimum atomic E-state index is -0.00250. The Balaban J connectivity index is 0.00000210. The van der Waals surface area contributed by atoms with E-state index >= 15 is 0 Å². The zero-order chi connectivity index (χ0) is 19.1. The molecule has 2 heterocycles. The van der Waals surface area contributed by atoms with E-state index in [0.717, 1.165) is 39.0 Å². The van der Waals surface area contributed by atoms with Gasteiger partial charge >= 0.3 is 0 Å². The molecule has 2 fully saturated rings. The van der Waals surface area contributed by atoms with Crippen molar-refractivity contribution in [2.45, 2.75) is 26.2 Å². The van der Waals surface area contributed by atoms with Crippen molar-refractivity contribution in [3.8, 4) is 0 Å². The van der Waals surface area contributed by atoms with Gasteiger partial charge in [-0.05, 0) is 49.9 Å². The number of nitrogens with one attached hydrogen (secondary N) is 2. The molecule has 0 bridgehead atoms. The Morgan fingerprint density at radius 1 is 1.07 bits per heavy atom. The highest BCUT2D eigenvalue weighted by Gasteiger charge is 2.24. The fourth-order valence-electron chi connectivity index (χ4n) is 4.08. The van der Waals surface area contributed by atoms with Gasteiger partial charge in [-0.3, -0.25) is 9.59 Å². The number of halogens is 2. The summed E-state index contributed by atoms with van der Waals surface area (Å²) in [6, 6.07) is 10.3. The van der Waals surface area contributed by atoms with Crippen LogP contribution in [-0.2, 0) is 9.59 Å². The summed E-state index contributed by atoms with van der Waals surface area (Å²) < 4.78 is 0. The molecule has 0 saturated carbocycles. The molecule has 8 heteroatoms. The molecule has 1 aromatic carbocycles. The number of nitrogens with zero attached hydrogens (tertiary/aromatic N) is 2. The lowest BCUT2D eigenvalue weighted by Crippen LogP contribution is -2.51. The van der Waals surface area contributed by atoms with Gasteiger partial charge in [0.05, 0.1) is 6.54 Å². The van der Waals surface area contributed by atoms with Crippen molar-refractivity contribution < 1.29 is 9.59 Å². The lowest BCUT2D eigenvalue weighted by atomic mass is 9.84. The van der Waals surface area contributed by atoms with E-state index in [2.05, 4.69) is 34.6 Å². The molecule has 0 radical (unpaired) electrons. The van der Waals surface area contributed by atoms with Crippen molar-refractivity contribution in [3.63, 3.8) is 0 Å². The van der Waals surface area contributed by atoms with Crippen LogP contribution in [0.25, 0.3) is 0 Å². The summed E-state index contributed by atoms with van der Waals surface area (Å²) >= 11 is 0. The predicted molar refractivity (Wildman–Crippen MR) is 122 cm³/mol. The van der Waals surface area contributed by atoms with Crippen molar-refractivity contribution in [3.05, 3.63) is 30.3 Å². The number of anilines is 1. The molecule has 6 nitrogen and oxygen atoms in total. The Morgan fingerprint density at radius 3 is 2.31 bits per heavy atom. The molecule has 0 aromatic heterocycles. The van der Waals surface area contributed by atoms with Crippen molar-refractivity contribution in [1.29, 1.82) is 0 Å². The quantitative estimate of drug-likeness (QED) is 0.706. The Labute approximate surface area is 186 Å². The first kappa shape index (κ1) is 25.5. The van der Waals surface area contributed by atoms with Gasteiger partial charge in [0.1, 0.15) is 0 Å². The molecule has 2 aliphatic heterocycles. The first-order chi connectivity index (χ1) is 13.1. The zero-order valence-corrected chi connectivity index (χ0v) is 18.8. The van der Waals surface area contributed by atoms with Crippen LogP contribution in [0.5, 0.6) is 0 Å². The number of carbonyl (C=O) groups excluding carboxylic acids is 2. The Kier molecular flexibility index (Phi) is 11.4. The van der Waals surface area contributed by atoms with Crippen LogP contribution in [0.3, 0.4) is 0 Å². The third-order valence-corrected chi connectivity index (χ3v) is 5.89. The topological polar surface area (TPSA) is 64.7 Å². The SMILES string of the molecule is CC(CC(=O)NCC(=O)N1CCN(c2ccccc2)CC1)C1CCNCC1.Cl.Cl. The number of piperazine rings is 1. The van der Waals surface area contributed by atoms with Crippen LogP contribution in [0.2, 0.25) is 0 Å². The fraction of sp³-hybridized carbons (Fsp3) is 0.619. The summed E-state index contributed by atoms with van der Waals surface area (Å²) in [5, 5.41) is 6.19. The lowest BCUT2D eigenvalue weighted by molar-refractivity contribution is -0.133. The third kappa shape index (κ3) is 7.68. The van der Waals surface area contributed by atoms with Gasteiger partial charge in [0.15, 0.2) is 0 Å². The minimum Gasteiger partial charge on any atom is -0.368 e. The summed E-state index contributed by atoms with van der Waals surface area (Å²) in [6.07, 6.45) is 2.79. The smallest absolute Gasteiger partial charge is 0.242 e. The average molecular weight is 445 g/mol. The predicted octanol–water partition coefficient (Wildman–Crippen LogP) is 2.32. The van der Waals surface area contributed by atoms with E-state index in [1.807, 2.05) is 23.1 Å². The maximum absolute atomic E-state index is 12.4. The van der Waals surface area contributed by atoms with Crippen molar-refractivity contribution in [2.75, 3.05) is 50.7 Å². The molecule has 164 valence electrons. The molecule has 0 aliphatic carbocycles. The van der Waals surface area contributed by atoms with Gasteiger partial charge < -0.3 is 20.4 Å². The first-order valence-corrected chi connectivity index (χ1v) is 10.2. The van der Waals surface area contributed by atoms with Crippen LogP contribution < -0.4 is 15.5 Å². The molecule has 1 unspecified atom stereocenters. The highest BCUT2D eigenvalue weighted by atomic mass is 35.5. The van der Waals surface area contributed by atoms with Gasteiger partial charge in [0.25, 0.3) is 0 Å². The van der Waals surface area contributed by atoms with Crippen molar-refractivity contribution >= 4 is 42.3 Å². The third-order valence-electron chi connectivity index (χ3n) is 5.89. The molecule has 1 atom stereocenters. The van der Waals surface area contributed by atoms with Crippen LogP contribution in [0.1, 0.15) is 26.2 Å². The van der Waals surface area contributed by atoms with Crippen LogP contribution >= 0.6 is 24.8 Å². The van der Waals surface area contributed by atoms with Gasteiger partial charge in [-0.25, -0.2) is 0 Å². The van der Waals surface area contributed by atoms with E-state index in [-0.39, 0.29) is 43.2 Å². The van der Waals surface area contributed by atoms with Gasteiger partial charge in [-0.1, -0.05) is 25.1 Å².